The summed E-state index contributed by atoms with van der Waals surface area (Å²) in [4.78, 5) is 13.7. The molecule has 5 saturated carbocycles. The Labute approximate surface area is 216 Å². The highest BCUT2D eigenvalue weighted by Gasteiger charge is 2.71. The van der Waals surface area contributed by atoms with E-state index >= 15 is 4.39 Å². The van der Waals surface area contributed by atoms with Crippen LogP contribution in [0.2, 0.25) is 0 Å². The lowest BCUT2D eigenvalue weighted by Crippen LogP contribution is -2.69. The first-order chi connectivity index (χ1) is 17.0. The first-order valence-electron chi connectivity index (χ1n) is 16.2. The van der Waals surface area contributed by atoms with E-state index in [2.05, 4.69) is 13.8 Å². The van der Waals surface area contributed by atoms with Crippen LogP contribution in [0.25, 0.3) is 0 Å². The van der Waals surface area contributed by atoms with Gasteiger partial charge in [0.2, 0.25) is 0 Å². The fourth-order valence-corrected chi connectivity index (χ4v) is 10.1. The summed E-state index contributed by atoms with van der Waals surface area (Å²) in [6, 6.07) is 0. The number of halogens is 1. The molecule has 0 N–H and O–H groups in total. The standard InChI is InChI=1S/C33H55FO/c1-3-5-6-7-25-10-14-27(15-11-25)29-18-22-33(23-19-29)30(34)32(31(33)35)20-16-28(17-21-32)26-12-8-24(4-2)9-13-26/h24-30H,3-23H2,1-2H3. The summed E-state index contributed by atoms with van der Waals surface area (Å²) in [6.07, 6.45) is 25.2. The third-order valence-corrected chi connectivity index (χ3v) is 12.6. The zero-order chi connectivity index (χ0) is 24.5. The maximum absolute atomic E-state index is 16.1. The molecule has 5 aliphatic carbocycles. The lowest BCUT2D eigenvalue weighted by atomic mass is 9.41. The van der Waals surface area contributed by atoms with Gasteiger partial charge in [0.1, 0.15) is 6.17 Å². The van der Waals surface area contributed by atoms with Gasteiger partial charge in [0, 0.05) is 0 Å². The number of Topliss-reactive ketones (excluding diaryl/α,β-unsaturated/α-hetero) is 1. The maximum Gasteiger partial charge on any atom is 0.151 e. The molecule has 35 heavy (non-hydrogen) atoms. The van der Waals surface area contributed by atoms with Gasteiger partial charge in [-0.15, -0.1) is 0 Å². The van der Waals surface area contributed by atoms with Crippen LogP contribution in [-0.2, 0) is 4.79 Å². The molecule has 2 spiro atoms. The Morgan fingerprint density at radius 1 is 0.629 bits per heavy atom. The van der Waals surface area contributed by atoms with Crippen LogP contribution in [0, 0.1) is 46.3 Å². The fraction of sp³-hybridized carbons (Fsp3) is 0.970. The smallest absolute Gasteiger partial charge is 0.151 e. The second kappa shape index (κ2) is 11.1. The highest BCUT2D eigenvalue weighted by atomic mass is 19.1. The topological polar surface area (TPSA) is 17.1 Å². The van der Waals surface area contributed by atoms with E-state index in [9.17, 15) is 4.79 Å². The van der Waals surface area contributed by atoms with E-state index in [1.807, 2.05) is 0 Å². The van der Waals surface area contributed by atoms with E-state index in [1.54, 1.807) is 0 Å². The van der Waals surface area contributed by atoms with Gasteiger partial charge in [0.25, 0.3) is 0 Å². The monoisotopic (exact) mass is 486 g/mol. The molecule has 1 atom stereocenters. The van der Waals surface area contributed by atoms with Crippen molar-refractivity contribution >= 4 is 5.78 Å². The van der Waals surface area contributed by atoms with Crippen LogP contribution < -0.4 is 0 Å². The second-order valence-corrected chi connectivity index (χ2v) is 14.1. The lowest BCUT2D eigenvalue weighted by molar-refractivity contribution is -0.194. The van der Waals surface area contributed by atoms with Crippen molar-refractivity contribution in [1.29, 1.82) is 0 Å². The second-order valence-electron chi connectivity index (χ2n) is 14.1. The molecule has 0 aromatic carbocycles. The number of rotatable bonds is 7. The largest absolute Gasteiger partial charge is 0.298 e. The van der Waals surface area contributed by atoms with Crippen LogP contribution in [0.1, 0.15) is 149 Å². The van der Waals surface area contributed by atoms with Gasteiger partial charge in [0.15, 0.2) is 5.78 Å². The molecule has 200 valence electrons. The molecular weight excluding hydrogens is 431 g/mol. The van der Waals surface area contributed by atoms with Crippen LogP contribution in [0.3, 0.4) is 0 Å². The molecule has 5 fully saturated rings. The predicted molar refractivity (Wildman–Crippen MR) is 144 cm³/mol. The molecule has 0 aromatic rings. The minimum absolute atomic E-state index is 0.378. The van der Waals surface area contributed by atoms with Crippen LogP contribution in [0.4, 0.5) is 4.39 Å². The van der Waals surface area contributed by atoms with E-state index < -0.39 is 17.0 Å². The third-order valence-electron chi connectivity index (χ3n) is 12.6. The first-order valence-corrected chi connectivity index (χ1v) is 16.2. The summed E-state index contributed by atoms with van der Waals surface area (Å²) < 4.78 is 16.1. The number of carbonyl (C=O) groups excluding carboxylic acids is 1. The highest BCUT2D eigenvalue weighted by Crippen LogP contribution is 2.66. The Morgan fingerprint density at radius 2 is 1.06 bits per heavy atom. The summed E-state index contributed by atoms with van der Waals surface area (Å²) >= 11 is 0. The van der Waals surface area contributed by atoms with Gasteiger partial charge in [-0.1, -0.05) is 71.6 Å². The lowest BCUT2D eigenvalue weighted by Gasteiger charge is -2.62. The number of carbonyl (C=O) groups is 1. The molecular formula is C33H55FO. The van der Waals surface area contributed by atoms with Crippen molar-refractivity contribution in [1.82, 2.24) is 0 Å². The summed E-state index contributed by atoms with van der Waals surface area (Å²) in [7, 11) is 0. The van der Waals surface area contributed by atoms with Crippen LogP contribution in [-0.4, -0.2) is 12.0 Å². The van der Waals surface area contributed by atoms with E-state index in [-0.39, 0.29) is 0 Å². The molecule has 1 unspecified atom stereocenters. The molecule has 5 rings (SSSR count). The summed E-state index contributed by atoms with van der Waals surface area (Å²) in [6.45, 7) is 4.63. The third kappa shape index (κ3) is 4.92. The van der Waals surface area contributed by atoms with Gasteiger partial charge in [-0.25, -0.2) is 4.39 Å². The van der Waals surface area contributed by atoms with Crippen LogP contribution in [0.5, 0.6) is 0 Å². The number of hydrogen-bond donors (Lipinski definition) is 0. The minimum atomic E-state index is -0.838. The fourth-order valence-electron chi connectivity index (χ4n) is 10.1. The molecule has 2 heteroatoms. The van der Waals surface area contributed by atoms with Crippen molar-refractivity contribution in [2.45, 2.75) is 155 Å². The molecule has 1 nitrogen and oxygen atoms in total. The number of hydrogen-bond acceptors (Lipinski definition) is 1. The van der Waals surface area contributed by atoms with Crippen molar-refractivity contribution in [3.63, 3.8) is 0 Å². The Bertz CT molecular complexity index is 682. The average Bonchev–Trinajstić information content (AvgIpc) is 2.93. The number of alkyl halides is 1. The molecule has 0 aromatic heterocycles. The van der Waals surface area contributed by atoms with Gasteiger partial charge in [-0.05, 0) is 113 Å². The predicted octanol–water partition coefficient (Wildman–Crippen LogP) is 9.86. The molecule has 0 aliphatic heterocycles. The van der Waals surface area contributed by atoms with Crippen LogP contribution >= 0.6 is 0 Å². The minimum Gasteiger partial charge on any atom is -0.298 e. The molecule has 0 amide bonds. The molecule has 0 saturated heterocycles. The molecule has 0 radical (unpaired) electrons. The zero-order valence-electron chi connectivity index (χ0n) is 23.2. The SMILES string of the molecule is CCCCCC1CCC(C2CCC3(CC2)C(=O)C2(CCC(C4CCC(CC)CC4)CC2)C3F)CC1. The number of unbranched alkanes of at least 4 members (excludes halogenated alkanes) is 2. The van der Waals surface area contributed by atoms with Crippen molar-refractivity contribution in [2.24, 2.45) is 46.3 Å². The summed E-state index contributed by atoms with van der Waals surface area (Å²) in [5.74, 6) is 5.53. The Morgan fingerprint density at radius 3 is 1.46 bits per heavy atom. The van der Waals surface area contributed by atoms with Crippen LogP contribution in [0.15, 0.2) is 0 Å². The van der Waals surface area contributed by atoms with Crippen molar-refractivity contribution in [2.75, 3.05) is 0 Å². The van der Waals surface area contributed by atoms with Crippen molar-refractivity contribution in [3.05, 3.63) is 0 Å². The zero-order valence-corrected chi connectivity index (χ0v) is 23.2. The molecule has 0 heterocycles. The van der Waals surface area contributed by atoms with E-state index in [0.29, 0.717) is 5.78 Å². The van der Waals surface area contributed by atoms with Gasteiger partial charge in [0.05, 0.1) is 10.8 Å². The van der Waals surface area contributed by atoms with Crippen molar-refractivity contribution < 1.29 is 9.18 Å². The Hall–Kier alpha value is -0.400. The Balaban J connectivity index is 1.08. The quantitative estimate of drug-likeness (QED) is 0.327. The first kappa shape index (κ1) is 26.2. The molecule has 0 bridgehead atoms. The maximum atomic E-state index is 16.1. The van der Waals surface area contributed by atoms with Crippen molar-refractivity contribution in [3.8, 4) is 0 Å². The summed E-state index contributed by atoms with van der Waals surface area (Å²) in [5.41, 5.74) is -1.14. The van der Waals surface area contributed by atoms with Gasteiger partial charge in [-0.3, -0.25) is 4.79 Å². The van der Waals surface area contributed by atoms with Gasteiger partial charge >= 0.3 is 0 Å². The highest BCUT2D eigenvalue weighted by molar-refractivity contribution is 5.98. The normalized spacial score (nSPS) is 46.6. The van der Waals surface area contributed by atoms with Gasteiger partial charge in [-0.2, -0.15) is 0 Å². The molecule has 5 aliphatic rings. The van der Waals surface area contributed by atoms with E-state index in [1.165, 1.54) is 83.5 Å². The Kier molecular flexibility index (Phi) is 8.35. The van der Waals surface area contributed by atoms with Gasteiger partial charge < -0.3 is 0 Å². The summed E-state index contributed by atoms with van der Waals surface area (Å²) in [5, 5.41) is 0. The van der Waals surface area contributed by atoms with E-state index in [4.69, 9.17) is 0 Å². The van der Waals surface area contributed by atoms with E-state index in [0.717, 1.165) is 86.9 Å². The average molecular weight is 487 g/mol. The number of ketones is 1.